The summed E-state index contributed by atoms with van der Waals surface area (Å²) in [5.41, 5.74) is -0.459. The highest BCUT2D eigenvalue weighted by molar-refractivity contribution is 6.33. The van der Waals surface area contributed by atoms with Crippen LogP contribution in [0.3, 0.4) is 0 Å². The van der Waals surface area contributed by atoms with Crippen molar-refractivity contribution in [3.63, 3.8) is 0 Å². The maximum absolute atomic E-state index is 13.1. The summed E-state index contributed by atoms with van der Waals surface area (Å²) >= 11 is 6.16. The lowest BCUT2D eigenvalue weighted by molar-refractivity contribution is -0.137. The highest BCUT2D eigenvalue weighted by atomic mass is 35.5. The molecule has 0 fully saturated rings. The van der Waals surface area contributed by atoms with E-state index in [4.69, 9.17) is 26.6 Å². The number of methoxy groups -OCH3 is 1. The molecule has 2 rings (SSSR count). The number of amides is 1. The first-order valence-corrected chi connectivity index (χ1v) is 7.84. The number of benzene rings is 2. The second kappa shape index (κ2) is 8.47. The van der Waals surface area contributed by atoms with Gasteiger partial charge in [0.15, 0.2) is 6.29 Å². The second-order valence-electron chi connectivity index (χ2n) is 5.31. The van der Waals surface area contributed by atoms with Gasteiger partial charge in [-0.3, -0.25) is 5.32 Å². The van der Waals surface area contributed by atoms with E-state index in [1.165, 1.54) is 25.3 Å². The van der Waals surface area contributed by atoms with Gasteiger partial charge in [0.05, 0.1) is 17.7 Å². The van der Waals surface area contributed by atoms with Crippen LogP contribution in [0.2, 0.25) is 5.02 Å². The minimum atomic E-state index is -4.59. The van der Waals surface area contributed by atoms with Gasteiger partial charge in [0.2, 0.25) is 0 Å². The maximum Gasteiger partial charge on any atom is 0.416 e. The Hall–Kier alpha value is -2.49. The molecule has 2 aromatic carbocycles. The van der Waals surface area contributed by atoms with Gasteiger partial charge in [-0.15, -0.1) is 0 Å². The predicted octanol–water partition coefficient (Wildman–Crippen LogP) is 3.89. The lowest BCUT2D eigenvalue weighted by Gasteiger charge is -2.16. The number of hydrogen-bond donors (Lipinski definition) is 3. The zero-order valence-electron chi connectivity index (χ0n) is 13.9. The zero-order valence-corrected chi connectivity index (χ0v) is 14.6. The monoisotopic (exact) mass is 405 g/mol. The predicted molar refractivity (Wildman–Crippen MR) is 91.6 cm³/mol. The third-order valence-electron chi connectivity index (χ3n) is 3.39. The van der Waals surface area contributed by atoms with Crippen LogP contribution in [0, 0.1) is 0 Å². The molecule has 0 spiro atoms. The van der Waals surface area contributed by atoms with Crippen molar-refractivity contribution in [2.24, 2.45) is 0 Å². The van der Waals surface area contributed by atoms with Gasteiger partial charge in [-0.25, -0.2) is 4.79 Å². The van der Waals surface area contributed by atoms with E-state index in [0.717, 1.165) is 18.2 Å². The average molecular weight is 406 g/mol. The van der Waals surface area contributed by atoms with Gasteiger partial charge >= 0.3 is 12.3 Å². The number of carbonyl (C=O) groups is 1. The first-order valence-electron chi connectivity index (χ1n) is 7.47. The molecule has 0 radical (unpaired) electrons. The van der Waals surface area contributed by atoms with E-state index in [1.807, 2.05) is 0 Å². The molecule has 6 nitrogen and oxygen atoms in total. The Morgan fingerprint density at radius 3 is 2.44 bits per heavy atom. The van der Waals surface area contributed by atoms with Crippen molar-refractivity contribution in [3.05, 3.63) is 47.0 Å². The molecular formula is C17H15ClF3NO5. The van der Waals surface area contributed by atoms with E-state index in [2.05, 4.69) is 10.1 Å². The molecule has 0 aliphatic rings. The molecular weight excluding hydrogens is 391 g/mol. The van der Waals surface area contributed by atoms with Gasteiger partial charge in [-0.1, -0.05) is 17.7 Å². The molecule has 27 heavy (non-hydrogen) atoms. The third-order valence-corrected chi connectivity index (χ3v) is 3.70. The molecule has 0 bridgehead atoms. The van der Waals surface area contributed by atoms with E-state index in [1.54, 1.807) is 0 Å². The van der Waals surface area contributed by atoms with Gasteiger partial charge in [0.1, 0.15) is 12.4 Å². The van der Waals surface area contributed by atoms with Crippen molar-refractivity contribution in [2.45, 2.75) is 12.5 Å². The van der Waals surface area contributed by atoms with Crippen LogP contribution in [-0.4, -0.2) is 36.3 Å². The Kier molecular flexibility index (Phi) is 6.53. The van der Waals surface area contributed by atoms with Crippen LogP contribution in [0.4, 0.5) is 23.7 Å². The fraction of sp³-hybridized carbons (Fsp3) is 0.235. The van der Waals surface area contributed by atoms with E-state index in [0.29, 0.717) is 0 Å². The Morgan fingerprint density at radius 2 is 1.89 bits per heavy atom. The molecule has 0 saturated carbocycles. The molecule has 0 heterocycles. The number of carbonyl (C=O) groups excluding carboxylic acids is 1. The number of alkyl halides is 3. The van der Waals surface area contributed by atoms with Crippen molar-refractivity contribution in [3.8, 4) is 16.9 Å². The summed E-state index contributed by atoms with van der Waals surface area (Å²) in [6, 6.07) is 6.86. The van der Waals surface area contributed by atoms with Gasteiger partial charge in [-0.2, -0.15) is 13.2 Å². The summed E-state index contributed by atoms with van der Waals surface area (Å²) in [7, 11) is 1.17. The van der Waals surface area contributed by atoms with E-state index in [-0.39, 0.29) is 27.6 Å². The van der Waals surface area contributed by atoms with Gasteiger partial charge < -0.3 is 19.7 Å². The summed E-state index contributed by atoms with van der Waals surface area (Å²) in [5.74, 6) is -0.0216. The van der Waals surface area contributed by atoms with Crippen molar-refractivity contribution in [1.82, 2.24) is 0 Å². The molecule has 2 aromatic rings. The molecule has 10 heteroatoms. The van der Waals surface area contributed by atoms with Crippen LogP contribution < -0.4 is 10.1 Å². The Labute approximate surface area is 157 Å². The summed E-state index contributed by atoms with van der Waals surface area (Å²) < 4.78 is 48.8. The van der Waals surface area contributed by atoms with Gasteiger partial charge in [0, 0.05) is 16.8 Å². The fourth-order valence-corrected chi connectivity index (χ4v) is 2.47. The largest absolute Gasteiger partial charge is 0.488 e. The second-order valence-corrected chi connectivity index (χ2v) is 5.72. The van der Waals surface area contributed by atoms with Crippen LogP contribution in [0.15, 0.2) is 36.4 Å². The average Bonchev–Trinajstić information content (AvgIpc) is 2.59. The number of rotatable bonds is 5. The number of hydrogen-bond acceptors (Lipinski definition) is 5. The number of ether oxygens (including phenoxy) is 2. The number of aliphatic hydroxyl groups is 2. The van der Waals surface area contributed by atoms with E-state index < -0.39 is 30.7 Å². The molecule has 146 valence electrons. The number of aliphatic hydroxyl groups excluding tert-OH is 1. The van der Waals surface area contributed by atoms with Crippen LogP contribution in [0.1, 0.15) is 5.56 Å². The summed E-state index contributed by atoms with van der Waals surface area (Å²) in [6.45, 7) is -0.544. The minimum Gasteiger partial charge on any atom is -0.488 e. The number of nitrogens with one attached hydrogen (secondary N) is 1. The van der Waals surface area contributed by atoms with Crippen LogP contribution in [0.5, 0.6) is 5.75 Å². The number of halogens is 4. The Morgan fingerprint density at radius 1 is 1.19 bits per heavy atom. The molecule has 3 N–H and O–H groups in total. The van der Waals surface area contributed by atoms with Crippen LogP contribution >= 0.6 is 11.6 Å². The quantitative estimate of drug-likeness (QED) is 0.657. The molecule has 0 aliphatic carbocycles. The topological polar surface area (TPSA) is 88.0 Å². The van der Waals surface area contributed by atoms with E-state index in [9.17, 15) is 18.0 Å². The SMILES string of the molecule is COC(=O)Nc1ccc(-c2cc(C(F)(F)F)ccc2OCC(O)O)c(Cl)c1. The summed E-state index contributed by atoms with van der Waals surface area (Å²) in [6.07, 6.45) is -7.14. The molecule has 1 amide bonds. The van der Waals surface area contributed by atoms with Crippen LogP contribution in [-0.2, 0) is 10.9 Å². The molecule has 0 aliphatic heterocycles. The lowest BCUT2D eigenvalue weighted by atomic mass is 10.0. The minimum absolute atomic E-state index is 0.0000862. The summed E-state index contributed by atoms with van der Waals surface area (Å²) in [4.78, 5) is 11.2. The van der Waals surface area contributed by atoms with Crippen LogP contribution in [0.25, 0.3) is 11.1 Å². The molecule has 0 saturated heterocycles. The maximum atomic E-state index is 13.1. The van der Waals surface area contributed by atoms with E-state index >= 15 is 0 Å². The molecule has 0 atom stereocenters. The first-order chi connectivity index (χ1) is 12.6. The highest BCUT2D eigenvalue weighted by Crippen LogP contribution is 2.40. The molecule has 0 unspecified atom stereocenters. The third kappa shape index (κ3) is 5.49. The van der Waals surface area contributed by atoms with Gasteiger partial charge in [0.25, 0.3) is 0 Å². The van der Waals surface area contributed by atoms with Gasteiger partial charge in [-0.05, 0) is 30.3 Å². The fourth-order valence-electron chi connectivity index (χ4n) is 2.19. The number of anilines is 1. The summed E-state index contributed by atoms with van der Waals surface area (Å²) in [5, 5.41) is 20.3. The van der Waals surface area contributed by atoms with Crippen molar-refractivity contribution >= 4 is 23.4 Å². The first kappa shape index (κ1) is 20.8. The zero-order chi connectivity index (χ0) is 20.2. The Bertz CT molecular complexity index is 827. The van der Waals surface area contributed by atoms with Crippen molar-refractivity contribution in [2.75, 3.05) is 19.0 Å². The normalized spacial score (nSPS) is 11.4. The molecule has 0 aromatic heterocycles. The Balaban J connectivity index is 2.48. The smallest absolute Gasteiger partial charge is 0.416 e. The lowest BCUT2D eigenvalue weighted by Crippen LogP contribution is -2.16. The standard InChI is InChI=1S/C17H15ClF3NO5/c1-26-16(25)22-10-3-4-11(13(18)7-10)12-6-9(17(19,20)21)2-5-14(12)27-8-15(23)24/h2-7,15,23-24H,8H2,1H3,(H,22,25). The van der Waals surface area contributed by atoms with Crippen molar-refractivity contribution in [1.29, 1.82) is 0 Å². The highest BCUT2D eigenvalue weighted by Gasteiger charge is 2.31. The van der Waals surface area contributed by atoms with Crippen molar-refractivity contribution < 1.29 is 37.7 Å².